The molecule has 0 atom stereocenters. The number of hydrogen-bond acceptors (Lipinski definition) is 0. The number of allylic oxidation sites excluding steroid dienone is 1. The van der Waals surface area contributed by atoms with Crippen molar-refractivity contribution in [2.45, 2.75) is 70.2 Å². The molecule has 0 spiro atoms. The van der Waals surface area contributed by atoms with Crippen LogP contribution in [0.2, 0.25) is 0 Å². The van der Waals surface area contributed by atoms with Crippen LogP contribution in [0.5, 0.6) is 0 Å². The Morgan fingerprint density at radius 3 is 1.77 bits per heavy atom. The van der Waals surface area contributed by atoms with Crippen molar-refractivity contribution in [2.75, 3.05) is 0 Å². The molecule has 0 fully saturated rings. The molecule has 0 aliphatic heterocycles. The Labute approximate surface area is 219 Å². The van der Waals surface area contributed by atoms with E-state index in [1.807, 2.05) is 76.2 Å². The summed E-state index contributed by atoms with van der Waals surface area (Å²) in [6, 6.07) is 19.2. The van der Waals surface area contributed by atoms with Crippen LogP contribution < -0.4 is 0 Å². The van der Waals surface area contributed by atoms with Crippen LogP contribution in [0.4, 0.5) is 0 Å². The minimum Gasteiger partial charge on any atom is -0.324 e. The van der Waals surface area contributed by atoms with Crippen LogP contribution >= 0.6 is 0 Å². The predicted octanol–water partition coefficient (Wildman–Crippen LogP) is 9.36. The van der Waals surface area contributed by atoms with E-state index in [2.05, 4.69) is 59.2 Å². The molecule has 0 heterocycles. The van der Waals surface area contributed by atoms with Gasteiger partial charge in [-0.25, -0.2) is 30.7 Å². The molecular weight excluding hydrogens is 704 g/mol. The molecule has 0 amide bonds. The van der Waals surface area contributed by atoms with Crippen LogP contribution in [0.25, 0.3) is 6.08 Å². The quantitative estimate of drug-likeness (QED) is 0.274. The van der Waals surface area contributed by atoms with Gasteiger partial charge in [0.2, 0.25) is 0 Å². The van der Waals surface area contributed by atoms with Gasteiger partial charge in [0, 0.05) is 0 Å². The maximum absolute atomic E-state index is 3.94. The fourth-order valence-electron chi connectivity index (χ4n) is 1.81. The summed E-state index contributed by atoms with van der Waals surface area (Å²) in [5.41, 5.74) is 3.46. The summed E-state index contributed by atoms with van der Waals surface area (Å²) in [6.45, 7) is 20.5. The van der Waals surface area contributed by atoms with Gasteiger partial charge in [-0.3, -0.25) is 18.1 Å². The first kappa shape index (κ1) is 43.2. The molecule has 0 aromatic heterocycles. The molecule has 0 nitrogen and oxygen atoms in total. The zero-order valence-electron chi connectivity index (χ0n) is 19.0. The zero-order valence-corrected chi connectivity index (χ0v) is 24.8. The molecule has 170 valence electrons. The van der Waals surface area contributed by atoms with E-state index in [1.54, 1.807) is 0 Å². The van der Waals surface area contributed by atoms with E-state index >= 15 is 0 Å². The zero-order chi connectivity index (χ0) is 20.4. The molecule has 0 aliphatic rings. The van der Waals surface area contributed by atoms with Gasteiger partial charge >= 0.3 is 42.1 Å². The maximum atomic E-state index is 3.94. The molecule has 0 saturated heterocycles. The number of benzene rings is 2. The van der Waals surface area contributed by atoms with E-state index in [-0.39, 0.29) is 57.0 Å². The van der Waals surface area contributed by atoms with Gasteiger partial charge in [-0.15, -0.1) is 24.1 Å². The first-order chi connectivity index (χ1) is 12.5. The fraction of sp³-hybridized carbons (Fsp3) is 0.429. The van der Waals surface area contributed by atoms with Crippen LogP contribution in [0.1, 0.15) is 86.9 Å². The third kappa shape index (κ3) is 25.3. The van der Waals surface area contributed by atoms with Gasteiger partial charge in [-0.05, 0) is 0 Å². The van der Waals surface area contributed by atoms with Crippen LogP contribution in [0.15, 0.2) is 48.5 Å². The molecule has 0 bridgehead atoms. The number of hydrogen-bond donors (Lipinski definition) is 0. The Bertz CT molecular complexity index is 558. The monoisotopic (exact) mass is 750 g/mol. The Hall–Kier alpha value is -0.703. The van der Waals surface area contributed by atoms with Crippen molar-refractivity contribution in [1.82, 2.24) is 0 Å². The van der Waals surface area contributed by atoms with Gasteiger partial charge in [-0.1, -0.05) is 76.2 Å². The standard InChI is InChI=1S/C11H14.C11H12.2C2H6.2CH4.2W/c1-9(2)8-11-7-5-4-6-10(11)3;1-10(2)8-9-11-6-4-3-5-7-11;2*1-2;;;;/h4-9H,3H2,1-2H3;3-6,9-10H,1-2H3;2*1-2H3;2*1H4;;/q2*-2;;;;;2*+2. The normalized spacial score (nSPS) is 8.20. The maximum Gasteiger partial charge on any atom is 2.00 e. The molecule has 2 aromatic carbocycles. The topological polar surface area (TPSA) is 0 Å². The fourth-order valence-corrected chi connectivity index (χ4v) is 1.81. The molecule has 30 heavy (non-hydrogen) atoms. The minimum atomic E-state index is 0. The van der Waals surface area contributed by atoms with Crippen molar-refractivity contribution >= 4 is 6.08 Å². The van der Waals surface area contributed by atoms with Crippen molar-refractivity contribution in [3.05, 3.63) is 90.7 Å². The smallest absolute Gasteiger partial charge is 0.324 e. The predicted molar refractivity (Wildman–Crippen MR) is 133 cm³/mol. The second kappa shape index (κ2) is 30.5. The van der Waals surface area contributed by atoms with Crippen molar-refractivity contribution in [3.8, 4) is 0 Å². The van der Waals surface area contributed by atoms with Crippen molar-refractivity contribution < 1.29 is 42.1 Å². The van der Waals surface area contributed by atoms with Crippen LogP contribution in [0, 0.1) is 37.3 Å². The van der Waals surface area contributed by atoms with Crippen LogP contribution in [-0.4, -0.2) is 0 Å². The first-order valence-electron chi connectivity index (χ1n) is 9.81. The Balaban J connectivity index is -0.0000000738. The van der Waals surface area contributed by atoms with E-state index in [0.29, 0.717) is 11.8 Å². The average Bonchev–Trinajstić information content (AvgIpc) is 2.66. The third-order valence-corrected chi connectivity index (χ3v) is 2.87. The Kier molecular flexibility index (Phi) is 43.9. The molecule has 0 N–H and O–H groups in total. The van der Waals surface area contributed by atoms with Gasteiger partial charge in [0.25, 0.3) is 0 Å². The molecule has 2 rings (SSSR count). The molecule has 0 aliphatic carbocycles. The molecular formula is C28H46W2. The summed E-state index contributed by atoms with van der Waals surface area (Å²) in [4.78, 5) is 0. The Morgan fingerprint density at radius 1 is 0.867 bits per heavy atom. The van der Waals surface area contributed by atoms with E-state index < -0.39 is 0 Å². The van der Waals surface area contributed by atoms with Crippen LogP contribution in [0.3, 0.4) is 0 Å². The van der Waals surface area contributed by atoms with Gasteiger partial charge in [0.15, 0.2) is 0 Å². The summed E-state index contributed by atoms with van der Waals surface area (Å²) in [6.07, 6.45) is 7.41. The summed E-state index contributed by atoms with van der Waals surface area (Å²) < 4.78 is 0. The summed E-state index contributed by atoms with van der Waals surface area (Å²) in [5, 5.41) is 0. The molecule has 2 aromatic rings. The Morgan fingerprint density at radius 2 is 1.37 bits per heavy atom. The van der Waals surface area contributed by atoms with Gasteiger partial charge in [0.1, 0.15) is 0 Å². The van der Waals surface area contributed by atoms with Crippen molar-refractivity contribution in [1.29, 1.82) is 0 Å². The van der Waals surface area contributed by atoms with E-state index in [1.165, 1.54) is 5.56 Å². The SMILES string of the molecule is C.C.CC.CC.CC(C)[C-]=Cc1[c-]cccc1.[CH2-]c1ccccc1[CH-]C(C)C.[W+2].[W+2]. The largest absolute Gasteiger partial charge is 2.00 e. The van der Waals surface area contributed by atoms with E-state index in [9.17, 15) is 0 Å². The molecule has 0 radical (unpaired) electrons. The van der Waals surface area contributed by atoms with Crippen molar-refractivity contribution in [2.24, 2.45) is 11.8 Å². The van der Waals surface area contributed by atoms with Gasteiger partial charge < -0.3 is 17.7 Å². The van der Waals surface area contributed by atoms with E-state index in [0.717, 1.165) is 11.1 Å². The second-order valence-electron chi connectivity index (χ2n) is 5.89. The third-order valence-electron chi connectivity index (χ3n) is 2.87. The molecule has 0 saturated carbocycles. The molecule has 2 heteroatoms. The summed E-state index contributed by atoms with van der Waals surface area (Å²) >= 11 is 0. The van der Waals surface area contributed by atoms with Gasteiger partial charge in [-0.2, -0.15) is 12.1 Å². The number of rotatable bonds is 4. The summed E-state index contributed by atoms with van der Waals surface area (Å²) in [5.74, 6) is 1.08. The summed E-state index contributed by atoms with van der Waals surface area (Å²) in [7, 11) is 0. The second-order valence-corrected chi connectivity index (χ2v) is 5.89. The van der Waals surface area contributed by atoms with E-state index in [4.69, 9.17) is 0 Å². The molecule has 0 unspecified atom stereocenters. The average molecular weight is 750 g/mol. The first-order valence-corrected chi connectivity index (χ1v) is 9.81. The van der Waals surface area contributed by atoms with Crippen LogP contribution in [-0.2, 0) is 42.1 Å². The van der Waals surface area contributed by atoms with Crippen molar-refractivity contribution in [3.63, 3.8) is 0 Å². The van der Waals surface area contributed by atoms with Gasteiger partial charge in [0.05, 0.1) is 0 Å². The minimum absolute atomic E-state index is 0.